The van der Waals surface area contributed by atoms with Crippen molar-refractivity contribution in [1.29, 1.82) is 0 Å². The summed E-state index contributed by atoms with van der Waals surface area (Å²) in [6.45, 7) is 7.38. The Labute approximate surface area is 241 Å². The van der Waals surface area contributed by atoms with Crippen LogP contribution in [0.2, 0.25) is 0 Å². The number of ether oxygens (including phenoxy) is 3. The molecule has 2 aromatic heterocycles. The number of fused-ring (bicyclic) bond motifs is 2. The molecule has 0 aliphatic rings. The van der Waals surface area contributed by atoms with Gasteiger partial charge >= 0.3 is 5.97 Å². The third kappa shape index (κ3) is 5.46. The van der Waals surface area contributed by atoms with Crippen molar-refractivity contribution in [3.05, 3.63) is 94.8 Å². The summed E-state index contributed by atoms with van der Waals surface area (Å²) < 4.78 is 24.3. The van der Waals surface area contributed by atoms with E-state index < -0.39 is 12.1 Å². The summed E-state index contributed by atoms with van der Waals surface area (Å²) in [6, 6.07) is 17.7. The van der Waals surface area contributed by atoms with Crippen LogP contribution in [0.5, 0.6) is 17.2 Å². The molecular weight excluding hydrogens is 538 g/mol. The number of nitrogens with zero attached hydrogens (tertiary/aromatic N) is 3. The molecule has 0 saturated carbocycles. The zero-order valence-corrected chi connectivity index (χ0v) is 23.4. The highest BCUT2D eigenvalue weighted by Gasteiger charge is 2.21. The minimum absolute atomic E-state index is 0.208. The van der Waals surface area contributed by atoms with Crippen LogP contribution in [-0.4, -0.2) is 46.8 Å². The molecule has 214 valence electrons. The molecule has 10 heteroatoms. The Bertz CT molecular complexity index is 1890. The van der Waals surface area contributed by atoms with Gasteiger partial charge in [-0.15, -0.1) is 6.58 Å². The van der Waals surface area contributed by atoms with E-state index in [4.69, 9.17) is 23.6 Å². The Morgan fingerprint density at radius 3 is 2.69 bits per heavy atom. The predicted molar refractivity (Wildman–Crippen MR) is 160 cm³/mol. The maximum absolute atomic E-state index is 13.7. The summed E-state index contributed by atoms with van der Waals surface area (Å²) in [4.78, 5) is 29.9. The van der Waals surface area contributed by atoms with Crippen LogP contribution >= 0.6 is 0 Å². The molecule has 2 heterocycles. The number of carboxylic acids is 1. The van der Waals surface area contributed by atoms with E-state index in [1.54, 1.807) is 61.7 Å². The van der Waals surface area contributed by atoms with E-state index in [0.717, 1.165) is 5.39 Å². The van der Waals surface area contributed by atoms with Crippen LogP contribution in [0, 0.1) is 0 Å². The van der Waals surface area contributed by atoms with Gasteiger partial charge in [0, 0.05) is 5.56 Å². The van der Waals surface area contributed by atoms with Gasteiger partial charge in [-0.3, -0.25) is 4.79 Å². The van der Waals surface area contributed by atoms with Crippen LogP contribution in [0.1, 0.15) is 25.0 Å². The molecule has 1 N–H and O–H groups in total. The monoisotopic (exact) mass is 567 g/mol. The number of carbonyl (C=O) groups is 1. The maximum Gasteiger partial charge on any atom is 0.344 e. The van der Waals surface area contributed by atoms with Crippen LogP contribution < -0.4 is 19.8 Å². The fourth-order valence-corrected chi connectivity index (χ4v) is 4.53. The van der Waals surface area contributed by atoms with Crippen molar-refractivity contribution in [2.75, 3.05) is 13.7 Å². The molecule has 1 atom stereocenters. The van der Waals surface area contributed by atoms with Gasteiger partial charge in [-0.25, -0.2) is 9.78 Å². The van der Waals surface area contributed by atoms with Crippen molar-refractivity contribution in [2.24, 2.45) is 5.10 Å². The minimum atomic E-state index is -1.11. The van der Waals surface area contributed by atoms with Crippen molar-refractivity contribution in [3.8, 4) is 28.8 Å². The van der Waals surface area contributed by atoms with E-state index in [9.17, 15) is 14.7 Å². The first kappa shape index (κ1) is 28.2. The van der Waals surface area contributed by atoms with E-state index >= 15 is 0 Å². The molecule has 0 saturated heterocycles. The fourth-order valence-electron chi connectivity index (χ4n) is 4.53. The molecule has 5 aromatic rings. The van der Waals surface area contributed by atoms with E-state index in [2.05, 4.69) is 11.7 Å². The van der Waals surface area contributed by atoms with Crippen molar-refractivity contribution >= 4 is 34.1 Å². The molecule has 0 aliphatic heterocycles. The van der Waals surface area contributed by atoms with Gasteiger partial charge in [-0.1, -0.05) is 24.3 Å². The van der Waals surface area contributed by atoms with Crippen LogP contribution in [0.4, 0.5) is 0 Å². The molecule has 0 spiro atoms. The zero-order valence-electron chi connectivity index (χ0n) is 23.4. The summed E-state index contributed by atoms with van der Waals surface area (Å²) in [5.41, 5.74) is 1.93. The summed E-state index contributed by atoms with van der Waals surface area (Å²) >= 11 is 0. The van der Waals surface area contributed by atoms with Gasteiger partial charge in [0.1, 0.15) is 11.3 Å². The summed E-state index contributed by atoms with van der Waals surface area (Å²) in [5.74, 6) is 0.721. The summed E-state index contributed by atoms with van der Waals surface area (Å²) in [5, 5.41) is 15.1. The van der Waals surface area contributed by atoms with E-state index in [-0.39, 0.29) is 11.4 Å². The molecule has 42 heavy (non-hydrogen) atoms. The molecule has 0 fully saturated rings. The third-order valence-corrected chi connectivity index (χ3v) is 6.50. The highest BCUT2D eigenvalue weighted by molar-refractivity contribution is 5.89. The van der Waals surface area contributed by atoms with Gasteiger partial charge in [-0.05, 0) is 68.3 Å². The average Bonchev–Trinajstić information content (AvgIpc) is 3.43. The number of aromatic nitrogens is 2. The van der Waals surface area contributed by atoms with Crippen molar-refractivity contribution in [1.82, 2.24) is 9.66 Å². The second-order valence-electron chi connectivity index (χ2n) is 9.33. The quantitative estimate of drug-likeness (QED) is 0.160. The van der Waals surface area contributed by atoms with E-state index in [0.29, 0.717) is 63.6 Å². The highest BCUT2D eigenvalue weighted by atomic mass is 16.5. The number of aliphatic carboxylic acids is 1. The lowest BCUT2D eigenvalue weighted by Crippen LogP contribution is -2.24. The lowest BCUT2D eigenvalue weighted by atomic mass is 10.1. The molecule has 10 nitrogen and oxygen atoms in total. The van der Waals surface area contributed by atoms with Gasteiger partial charge in [0.25, 0.3) is 5.56 Å². The molecule has 3 aromatic carbocycles. The Morgan fingerprint density at radius 2 is 1.95 bits per heavy atom. The molecule has 0 bridgehead atoms. The number of furan rings is 1. The third-order valence-electron chi connectivity index (χ3n) is 6.50. The number of rotatable bonds is 11. The summed E-state index contributed by atoms with van der Waals surface area (Å²) in [7, 11) is 1.58. The molecule has 0 aliphatic carbocycles. The van der Waals surface area contributed by atoms with Crippen molar-refractivity contribution in [3.63, 3.8) is 0 Å². The highest BCUT2D eigenvalue weighted by Crippen LogP contribution is 2.35. The second kappa shape index (κ2) is 12.0. The first-order chi connectivity index (χ1) is 20.3. The number of hydrogen-bond donors (Lipinski definition) is 1. The van der Waals surface area contributed by atoms with Gasteiger partial charge in [0.2, 0.25) is 5.82 Å². The molecule has 0 amide bonds. The minimum Gasteiger partial charge on any atom is -0.496 e. The van der Waals surface area contributed by atoms with Gasteiger partial charge in [-0.2, -0.15) is 9.78 Å². The Morgan fingerprint density at radius 1 is 1.14 bits per heavy atom. The number of allylic oxidation sites excluding steroid dienone is 1. The van der Waals surface area contributed by atoms with Crippen molar-refractivity contribution in [2.45, 2.75) is 26.4 Å². The SMILES string of the molecule is C=CCc1cc(C=Nn2c(-c3cc4c(OC)cccc4o3)nc3ccccc3c2=O)cc(OCC)c1O[C@@H](C)C(=O)O. The Kier molecular flexibility index (Phi) is 8.05. The maximum atomic E-state index is 13.7. The topological polar surface area (TPSA) is 125 Å². The smallest absolute Gasteiger partial charge is 0.344 e. The lowest BCUT2D eigenvalue weighted by Gasteiger charge is -2.18. The number of hydrogen-bond acceptors (Lipinski definition) is 8. The number of benzene rings is 3. The predicted octanol–water partition coefficient (Wildman–Crippen LogP) is 5.68. The van der Waals surface area contributed by atoms with Gasteiger partial charge < -0.3 is 23.7 Å². The van der Waals surface area contributed by atoms with Gasteiger partial charge in [0.15, 0.2) is 23.4 Å². The number of methoxy groups -OCH3 is 1. The van der Waals surface area contributed by atoms with Crippen LogP contribution in [-0.2, 0) is 11.2 Å². The first-order valence-corrected chi connectivity index (χ1v) is 13.3. The van der Waals surface area contributed by atoms with E-state index in [1.807, 2.05) is 19.1 Å². The summed E-state index contributed by atoms with van der Waals surface area (Å²) in [6.07, 6.45) is 2.46. The Hall–Kier alpha value is -5.38. The normalized spacial score (nSPS) is 12.1. The van der Waals surface area contributed by atoms with Crippen LogP contribution in [0.3, 0.4) is 0 Å². The molecule has 5 rings (SSSR count). The standard InChI is InChI=1S/C32H29N3O7/c1-5-10-21-15-20(16-27(40-6-2)29(21)41-19(3)32(37)38)18-33-35-30(34-24-12-8-7-11-22(24)31(35)36)28-17-23-25(39-4)13-9-14-26(23)42-28/h5,7-9,11-19H,1,6,10H2,2-4H3,(H,37,38)/t19-/m0/s1. The largest absolute Gasteiger partial charge is 0.496 e. The van der Waals surface area contributed by atoms with E-state index in [1.165, 1.54) is 17.8 Å². The lowest BCUT2D eigenvalue weighted by molar-refractivity contribution is -0.144. The van der Waals surface area contributed by atoms with Crippen LogP contribution in [0.25, 0.3) is 33.5 Å². The fraction of sp³-hybridized carbons (Fsp3) is 0.188. The van der Waals surface area contributed by atoms with Crippen molar-refractivity contribution < 1.29 is 28.5 Å². The Balaban J connectivity index is 1.67. The first-order valence-electron chi connectivity index (χ1n) is 13.3. The zero-order chi connectivity index (χ0) is 29.8. The average molecular weight is 568 g/mol. The molecule has 0 radical (unpaired) electrons. The van der Waals surface area contributed by atoms with Crippen LogP contribution in [0.15, 0.2) is 87.6 Å². The number of para-hydroxylation sites is 1. The second-order valence-corrected chi connectivity index (χ2v) is 9.33. The van der Waals surface area contributed by atoms with Gasteiger partial charge in [0.05, 0.1) is 36.2 Å². The number of carboxylic acid groups (broad SMARTS) is 1. The molecular formula is C32H29N3O7. The molecule has 0 unspecified atom stereocenters.